The highest BCUT2D eigenvalue weighted by Crippen LogP contribution is 2.25. The predicted octanol–water partition coefficient (Wildman–Crippen LogP) is 2.75. The molecule has 0 aliphatic heterocycles. The number of rotatable bonds is 4. The molecule has 2 aromatic carbocycles. The lowest BCUT2D eigenvalue weighted by molar-refractivity contribution is -0.113. The second-order valence-electron chi connectivity index (χ2n) is 4.20. The molecule has 0 atom stereocenters. The average molecular weight is 271 g/mol. The molecule has 0 heterocycles. The number of primary amides is 1. The molecule has 0 aromatic heterocycles. The van der Waals surface area contributed by atoms with Crippen molar-refractivity contribution < 1.29 is 13.9 Å². The summed E-state index contributed by atoms with van der Waals surface area (Å²) in [7, 11) is 1.57. The van der Waals surface area contributed by atoms with Crippen molar-refractivity contribution in [2.75, 3.05) is 7.11 Å². The summed E-state index contributed by atoms with van der Waals surface area (Å²) in [6, 6.07) is 13.1. The summed E-state index contributed by atoms with van der Waals surface area (Å²) in [5, 5.41) is 0. The number of benzene rings is 2. The van der Waals surface area contributed by atoms with E-state index in [1.54, 1.807) is 43.5 Å². The summed E-state index contributed by atoms with van der Waals surface area (Å²) in [6.45, 7) is 0. The van der Waals surface area contributed by atoms with E-state index in [4.69, 9.17) is 10.5 Å². The molecule has 0 radical (unpaired) electrons. The van der Waals surface area contributed by atoms with E-state index in [1.807, 2.05) is 0 Å². The van der Waals surface area contributed by atoms with Gasteiger partial charge in [0.25, 0.3) is 0 Å². The maximum Gasteiger partial charge on any atom is 0.242 e. The molecule has 0 saturated heterocycles. The topological polar surface area (TPSA) is 52.3 Å². The third-order valence-corrected chi connectivity index (χ3v) is 2.82. The summed E-state index contributed by atoms with van der Waals surface area (Å²) in [6.07, 6.45) is 1.29. The average Bonchev–Trinajstić information content (AvgIpc) is 2.45. The van der Waals surface area contributed by atoms with Crippen molar-refractivity contribution in [2.45, 2.75) is 0 Å². The largest absolute Gasteiger partial charge is 0.497 e. The molecule has 0 unspecified atom stereocenters. The molecule has 0 aliphatic rings. The Bertz CT molecular complexity index is 648. The van der Waals surface area contributed by atoms with Gasteiger partial charge in [0.2, 0.25) is 5.91 Å². The Morgan fingerprint density at radius 1 is 1.15 bits per heavy atom. The fourth-order valence-electron chi connectivity index (χ4n) is 1.90. The van der Waals surface area contributed by atoms with Crippen LogP contribution in [0.3, 0.4) is 0 Å². The first-order valence-electron chi connectivity index (χ1n) is 6.01. The quantitative estimate of drug-likeness (QED) is 0.869. The monoisotopic (exact) mass is 271 g/mol. The van der Waals surface area contributed by atoms with Crippen molar-refractivity contribution in [3.63, 3.8) is 0 Å². The third-order valence-electron chi connectivity index (χ3n) is 2.82. The van der Waals surface area contributed by atoms with E-state index in [1.165, 1.54) is 18.2 Å². The van der Waals surface area contributed by atoms with Crippen molar-refractivity contribution in [1.82, 2.24) is 0 Å². The minimum Gasteiger partial charge on any atom is -0.497 e. The molecule has 4 heteroatoms. The van der Waals surface area contributed by atoms with Gasteiger partial charge in [0.1, 0.15) is 11.6 Å². The first kappa shape index (κ1) is 13.8. The van der Waals surface area contributed by atoms with Gasteiger partial charge in [0.05, 0.1) is 7.11 Å². The summed E-state index contributed by atoms with van der Waals surface area (Å²) in [4.78, 5) is 11.2. The number of hydrogen-bond donors (Lipinski definition) is 1. The van der Waals surface area contributed by atoms with Gasteiger partial charge in [-0.25, -0.2) is 4.39 Å². The van der Waals surface area contributed by atoms with Crippen LogP contribution in [0.1, 0.15) is 11.1 Å². The zero-order chi connectivity index (χ0) is 14.5. The molecule has 0 aliphatic carbocycles. The summed E-state index contributed by atoms with van der Waals surface area (Å²) in [5.41, 5.74) is 7.15. The Morgan fingerprint density at radius 2 is 1.85 bits per heavy atom. The standard InChI is InChI=1S/C16H14FNO2/c1-20-14-7-5-11(6-8-14)15(10-16(18)19)12-3-2-4-13(17)9-12/h2-10H,1H3,(H2,18,19)/b15-10+. The van der Waals surface area contributed by atoms with E-state index in [-0.39, 0.29) is 5.82 Å². The Labute approximate surface area is 116 Å². The molecule has 0 saturated carbocycles. The number of nitrogens with two attached hydrogens (primary N) is 1. The number of ether oxygens (including phenoxy) is 1. The van der Waals surface area contributed by atoms with E-state index in [2.05, 4.69) is 0 Å². The smallest absolute Gasteiger partial charge is 0.242 e. The summed E-state index contributed by atoms with van der Waals surface area (Å²) < 4.78 is 18.4. The maximum atomic E-state index is 13.3. The van der Waals surface area contributed by atoms with Crippen molar-refractivity contribution in [2.24, 2.45) is 5.73 Å². The van der Waals surface area contributed by atoms with E-state index in [0.29, 0.717) is 16.9 Å². The van der Waals surface area contributed by atoms with Crippen molar-refractivity contribution in [3.8, 4) is 5.75 Å². The van der Waals surface area contributed by atoms with Crippen LogP contribution in [0.2, 0.25) is 0 Å². The van der Waals surface area contributed by atoms with Gasteiger partial charge in [-0.2, -0.15) is 0 Å². The molecule has 0 spiro atoms. The minimum atomic E-state index is -0.583. The second kappa shape index (κ2) is 6.02. The lowest BCUT2D eigenvalue weighted by Crippen LogP contribution is -2.07. The molecule has 2 aromatic rings. The molecule has 0 fully saturated rings. The van der Waals surface area contributed by atoms with Crippen LogP contribution >= 0.6 is 0 Å². The maximum absolute atomic E-state index is 13.3. The number of methoxy groups -OCH3 is 1. The van der Waals surface area contributed by atoms with Gasteiger partial charge in [0.15, 0.2) is 0 Å². The van der Waals surface area contributed by atoms with Gasteiger partial charge in [-0.05, 0) is 41.0 Å². The van der Waals surface area contributed by atoms with Gasteiger partial charge in [0, 0.05) is 6.08 Å². The second-order valence-corrected chi connectivity index (χ2v) is 4.20. The van der Waals surface area contributed by atoms with Crippen LogP contribution < -0.4 is 10.5 Å². The minimum absolute atomic E-state index is 0.369. The van der Waals surface area contributed by atoms with Crippen LogP contribution in [0.25, 0.3) is 5.57 Å². The Kier molecular flexibility index (Phi) is 4.15. The van der Waals surface area contributed by atoms with E-state index >= 15 is 0 Å². The summed E-state index contributed by atoms with van der Waals surface area (Å²) in [5.74, 6) is -0.252. The Hall–Kier alpha value is -2.62. The van der Waals surface area contributed by atoms with Crippen molar-refractivity contribution in [3.05, 3.63) is 71.6 Å². The first-order valence-corrected chi connectivity index (χ1v) is 6.01. The van der Waals surface area contributed by atoms with Gasteiger partial charge in [-0.15, -0.1) is 0 Å². The van der Waals surface area contributed by atoms with Gasteiger partial charge >= 0.3 is 0 Å². The first-order chi connectivity index (χ1) is 9.60. The highest BCUT2D eigenvalue weighted by molar-refractivity contribution is 5.98. The number of carbonyl (C=O) groups is 1. The van der Waals surface area contributed by atoms with Crippen LogP contribution in [0.15, 0.2) is 54.6 Å². The zero-order valence-electron chi connectivity index (χ0n) is 11.0. The van der Waals surface area contributed by atoms with Crippen molar-refractivity contribution >= 4 is 11.5 Å². The normalized spacial score (nSPS) is 11.2. The Balaban J connectivity index is 2.50. The molecule has 3 nitrogen and oxygen atoms in total. The van der Waals surface area contributed by atoms with Crippen LogP contribution in [-0.2, 0) is 4.79 Å². The number of hydrogen-bond acceptors (Lipinski definition) is 2. The Morgan fingerprint density at radius 3 is 2.40 bits per heavy atom. The molecule has 2 rings (SSSR count). The van der Waals surface area contributed by atoms with E-state index < -0.39 is 5.91 Å². The van der Waals surface area contributed by atoms with E-state index in [0.717, 1.165) is 5.56 Å². The lowest BCUT2D eigenvalue weighted by atomic mass is 9.97. The molecular weight excluding hydrogens is 257 g/mol. The molecule has 1 amide bonds. The van der Waals surface area contributed by atoms with Crippen LogP contribution in [0.5, 0.6) is 5.75 Å². The highest BCUT2D eigenvalue weighted by atomic mass is 19.1. The molecule has 0 bridgehead atoms. The number of halogens is 1. The fraction of sp³-hybridized carbons (Fsp3) is 0.0625. The molecule has 2 N–H and O–H groups in total. The van der Waals surface area contributed by atoms with E-state index in [9.17, 15) is 9.18 Å². The van der Waals surface area contributed by atoms with Crippen molar-refractivity contribution in [1.29, 1.82) is 0 Å². The van der Waals surface area contributed by atoms with Gasteiger partial charge < -0.3 is 10.5 Å². The van der Waals surface area contributed by atoms with Crippen LogP contribution in [0, 0.1) is 5.82 Å². The van der Waals surface area contributed by atoms with Crippen LogP contribution in [0.4, 0.5) is 4.39 Å². The predicted molar refractivity (Wildman–Crippen MR) is 75.7 cm³/mol. The molecule has 102 valence electrons. The number of carbonyl (C=O) groups excluding carboxylic acids is 1. The zero-order valence-corrected chi connectivity index (χ0v) is 11.0. The number of amides is 1. The fourth-order valence-corrected chi connectivity index (χ4v) is 1.90. The van der Waals surface area contributed by atoms with Crippen LogP contribution in [-0.4, -0.2) is 13.0 Å². The lowest BCUT2D eigenvalue weighted by Gasteiger charge is -2.09. The summed E-state index contributed by atoms with van der Waals surface area (Å²) >= 11 is 0. The van der Waals surface area contributed by atoms with Gasteiger partial charge in [-0.3, -0.25) is 4.79 Å². The highest BCUT2D eigenvalue weighted by Gasteiger charge is 2.08. The molecule has 20 heavy (non-hydrogen) atoms. The SMILES string of the molecule is COc1ccc(/C(=C\C(N)=O)c2cccc(F)c2)cc1. The molecular formula is C16H14FNO2. The van der Waals surface area contributed by atoms with Gasteiger partial charge in [-0.1, -0.05) is 24.3 Å². The third kappa shape index (κ3) is 3.23.